The Balaban J connectivity index is 1.29. The third kappa shape index (κ3) is 3.61. The molecule has 8 heteroatoms. The Morgan fingerprint density at radius 2 is 1.97 bits per heavy atom. The normalized spacial score (nSPS) is 14.6. The Kier molecular flexibility index (Phi) is 4.78. The molecule has 33 heavy (non-hydrogen) atoms. The van der Waals surface area contributed by atoms with Crippen molar-refractivity contribution in [3.63, 3.8) is 0 Å². The van der Waals surface area contributed by atoms with Crippen LogP contribution in [-0.2, 0) is 19.4 Å². The molecule has 2 aliphatic rings. The van der Waals surface area contributed by atoms with Crippen LogP contribution in [0.1, 0.15) is 51.8 Å². The number of carbonyl (C=O) groups is 1. The van der Waals surface area contributed by atoms with Gasteiger partial charge in [-0.2, -0.15) is 5.10 Å². The van der Waals surface area contributed by atoms with E-state index < -0.39 is 0 Å². The van der Waals surface area contributed by atoms with E-state index in [1.807, 2.05) is 30.0 Å². The first-order valence-electron chi connectivity index (χ1n) is 11.5. The van der Waals surface area contributed by atoms with Gasteiger partial charge in [-0.25, -0.2) is 19.6 Å². The topological polar surface area (TPSA) is 90.5 Å². The highest BCUT2D eigenvalue weighted by Gasteiger charge is 2.34. The van der Waals surface area contributed by atoms with Crippen molar-refractivity contribution in [2.24, 2.45) is 0 Å². The summed E-state index contributed by atoms with van der Waals surface area (Å²) < 4.78 is 3.79. The van der Waals surface area contributed by atoms with E-state index in [0.29, 0.717) is 30.5 Å². The Morgan fingerprint density at radius 1 is 1.12 bits per heavy atom. The van der Waals surface area contributed by atoms with Gasteiger partial charge < -0.3 is 9.88 Å². The number of aryl methyl sites for hydroxylation is 3. The number of aromatic nitrogens is 6. The van der Waals surface area contributed by atoms with Crippen LogP contribution in [-0.4, -0.2) is 41.8 Å². The second-order valence-corrected chi connectivity index (χ2v) is 8.75. The molecule has 0 spiro atoms. The fourth-order valence-corrected chi connectivity index (χ4v) is 4.62. The molecule has 0 unspecified atom stereocenters. The van der Waals surface area contributed by atoms with Crippen molar-refractivity contribution in [3.05, 3.63) is 77.3 Å². The molecule has 1 saturated carbocycles. The van der Waals surface area contributed by atoms with Crippen molar-refractivity contribution in [2.45, 2.75) is 45.1 Å². The molecular formula is C25H25N7O. The van der Waals surface area contributed by atoms with Crippen LogP contribution in [0.2, 0.25) is 0 Å². The van der Waals surface area contributed by atoms with E-state index in [-0.39, 0.29) is 5.91 Å². The van der Waals surface area contributed by atoms with Crippen molar-refractivity contribution in [3.8, 4) is 17.2 Å². The molecular weight excluding hydrogens is 414 g/mol. The molecule has 6 rings (SSSR count). The number of nitrogens with one attached hydrogen (secondary N) is 1. The molecule has 0 aliphatic heterocycles. The number of benzene rings is 1. The monoisotopic (exact) mass is 439 g/mol. The van der Waals surface area contributed by atoms with Gasteiger partial charge >= 0.3 is 0 Å². The number of amides is 1. The summed E-state index contributed by atoms with van der Waals surface area (Å²) in [6.07, 6.45) is 11.3. The molecule has 166 valence electrons. The minimum absolute atomic E-state index is 0.107. The Morgan fingerprint density at radius 3 is 2.79 bits per heavy atom. The molecule has 0 radical (unpaired) electrons. The summed E-state index contributed by atoms with van der Waals surface area (Å²) in [6.45, 7) is 3.16. The Bertz CT molecular complexity index is 1350. The lowest BCUT2D eigenvalue weighted by Crippen LogP contribution is -2.28. The average molecular weight is 440 g/mol. The van der Waals surface area contributed by atoms with Crippen LogP contribution in [0.3, 0.4) is 0 Å². The van der Waals surface area contributed by atoms with Crippen molar-refractivity contribution in [1.82, 2.24) is 34.6 Å². The van der Waals surface area contributed by atoms with Crippen LogP contribution in [0.4, 0.5) is 0 Å². The average Bonchev–Trinajstić information content (AvgIpc) is 3.46. The molecule has 3 heterocycles. The number of nitrogens with zero attached hydrogens (tertiary/aromatic N) is 6. The summed E-state index contributed by atoms with van der Waals surface area (Å²) in [4.78, 5) is 26.8. The predicted octanol–water partition coefficient (Wildman–Crippen LogP) is 3.24. The Labute approximate surface area is 191 Å². The molecule has 8 nitrogen and oxygen atoms in total. The van der Waals surface area contributed by atoms with E-state index >= 15 is 0 Å². The van der Waals surface area contributed by atoms with E-state index in [4.69, 9.17) is 4.98 Å². The molecule has 0 saturated heterocycles. The molecule has 3 aromatic heterocycles. The van der Waals surface area contributed by atoms with Crippen molar-refractivity contribution < 1.29 is 4.79 Å². The number of rotatable bonds is 6. The minimum Gasteiger partial charge on any atom is -0.350 e. The van der Waals surface area contributed by atoms with Gasteiger partial charge in [0.05, 0.1) is 23.1 Å². The van der Waals surface area contributed by atoms with Crippen LogP contribution in [0, 0.1) is 6.92 Å². The fourth-order valence-electron chi connectivity index (χ4n) is 4.62. The molecule has 1 N–H and O–H groups in total. The van der Waals surface area contributed by atoms with Gasteiger partial charge in [0.25, 0.3) is 11.9 Å². The minimum atomic E-state index is -0.107. The summed E-state index contributed by atoms with van der Waals surface area (Å²) in [6, 6.07) is 8.41. The zero-order chi connectivity index (χ0) is 22.4. The van der Waals surface area contributed by atoms with E-state index in [1.54, 1.807) is 17.1 Å². The smallest absolute Gasteiger partial charge is 0.254 e. The third-order valence-electron chi connectivity index (χ3n) is 6.55. The van der Waals surface area contributed by atoms with Crippen LogP contribution >= 0.6 is 0 Å². The highest BCUT2D eigenvalue weighted by molar-refractivity contribution is 5.95. The fraction of sp³-hybridized carbons (Fsp3) is 0.320. The quantitative estimate of drug-likeness (QED) is 0.498. The molecule has 0 bridgehead atoms. The summed E-state index contributed by atoms with van der Waals surface area (Å²) in [5.41, 5.74) is 6.13. The molecule has 4 aromatic rings. The maximum absolute atomic E-state index is 13.0. The predicted molar refractivity (Wildman–Crippen MR) is 123 cm³/mol. The van der Waals surface area contributed by atoms with E-state index in [2.05, 4.69) is 38.6 Å². The van der Waals surface area contributed by atoms with Crippen LogP contribution in [0.25, 0.3) is 17.2 Å². The summed E-state index contributed by atoms with van der Waals surface area (Å²) >= 11 is 0. The number of fused-ring (bicyclic) bond motifs is 3. The second-order valence-electron chi connectivity index (χ2n) is 8.75. The second kappa shape index (κ2) is 7.95. The zero-order valence-corrected chi connectivity index (χ0v) is 18.5. The lowest BCUT2D eigenvalue weighted by molar-refractivity contribution is 0.0951. The number of hydrogen-bond acceptors (Lipinski definition) is 5. The van der Waals surface area contributed by atoms with E-state index in [1.165, 1.54) is 5.56 Å². The van der Waals surface area contributed by atoms with Crippen LogP contribution < -0.4 is 5.32 Å². The number of imidazole rings is 1. The van der Waals surface area contributed by atoms with Crippen LogP contribution in [0.5, 0.6) is 0 Å². The first kappa shape index (κ1) is 19.8. The highest BCUT2D eigenvalue weighted by atomic mass is 16.1. The summed E-state index contributed by atoms with van der Waals surface area (Å²) in [7, 11) is 0. The molecule has 1 aromatic carbocycles. The lowest BCUT2D eigenvalue weighted by atomic mass is 9.90. The van der Waals surface area contributed by atoms with Gasteiger partial charge in [-0.3, -0.25) is 4.79 Å². The van der Waals surface area contributed by atoms with Gasteiger partial charge in [-0.1, -0.05) is 24.3 Å². The summed E-state index contributed by atoms with van der Waals surface area (Å²) in [5.74, 6) is 1.67. The van der Waals surface area contributed by atoms with Crippen molar-refractivity contribution in [1.29, 1.82) is 0 Å². The Hall–Kier alpha value is -3.81. The van der Waals surface area contributed by atoms with Gasteiger partial charge in [0.2, 0.25) is 0 Å². The maximum Gasteiger partial charge on any atom is 0.254 e. The molecule has 1 amide bonds. The standard InChI is InChI=1S/C25H25N7O/c1-16-26-10-12-31(16)13-11-27-24(33)21-15-29-32(23(21)18-7-8-18)25-28-14-19-9-6-17-4-2-3-5-20(17)22(19)30-25/h2-5,10,12,14-15,18H,6-9,11,13H2,1H3,(H,27,33). The summed E-state index contributed by atoms with van der Waals surface area (Å²) in [5, 5.41) is 7.59. The number of hydrogen-bond donors (Lipinski definition) is 1. The van der Waals surface area contributed by atoms with Crippen LogP contribution in [0.15, 0.2) is 49.1 Å². The van der Waals surface area contributed by atoms with Crippen molar-refractivity contribution >= 4 is 5.91 Å². The number of carbonyl (C=O) groups excluding carboxylic acids is 1. The SMILES string of the molecule is Cc1nccn1CCNC(=O)c1cnn(-c2ncc3c(n2)-c2ccccc2CC3)c1C1CC1. The third-order valence-corrected chi connectivity index (χ3v) is 6.55. The molecule has 0 atom stereocenters. The highest BCUT2D eigenvalue weighted by Crippen LogP contribution is 2.42. The lowest BCUT2D eigenvalue weighted by Gasteiger charge is -2.19. The molecule has 1 fully saturated rings. The van der Waals surface area contributed by atoms with Gasteiger partial charge in [-0.15, -0.1) is 0 Å². The maximum atomic E-state index is 13.0. The zero-order valence-electron chi connectivity index (χ0n) is 18.5. The largest absolute Gasteiger partial charge is 0.350 e. The first-order chi connectivity index (χ1) is 16.2. The van der Waals surface area contributed by atoms with E-state index in [0.717, 1.165) is 54.0 Å². The van der Waals surface area contributed by atoms with Crippen molar-refractivity contribution in [2.75, 3.05) is 6.54 Å². The van der Waals surface area contributed by atoms with Gasteiger partial charge in [0.1, 0.15) is 5.82 Å². The van der Waals surface area contributed by atoms with Gasteiger partial charge in [0, 0.05) is 43.2 Å². The van der Waals surface area contributed by atoms with E-state index in [9.17, 15) is 4.79 Å². The van der Waals surface area contributed by atoms with Gasteiger partial charge in [-0.05, 0) is 43.7 Å². The first-order valence-corrected chi connectivity index (χ1v) is 11.5. The molecule has 2 aliphatic carbocycles. The van der Waals surface area contributed by atoms with Gasteiger partial charge in [0.15, 0.2) is 0 Å².